The van der Waals surface area contributed by atoms with Crippen molar-refractivity contribution in [2.45, 2.75) is 42.5 Å². The van der Waals surface area contributed by atoms with Gasteiger partial charge in [-0.3, -0.25) is 0 Å². The van der Waals surface area contributed by atoms with Gasteiger partial charge in [-0.05, 0) is 41.8 Å². The second-order valence-electron chi connectivity index (χ2n) is 8.40. The zero-order valence-electron chi connectivity index (χ0n) is 18.6. The lowest BCUT2D eigenvalue weighted by Gasteiger charge is -2.46. The molecule has 2 fully saturated rings. The molecule has 2 aromatic rings. The first kappa shape index (κ1) is 24.9. The molecule has 5 unspecified atom stereocenters. The van der Waals surface area contributed by atoms with Crippen molar-refractivity contribution in [3.8, 4) is 5.75 Å². The molecule has 9 nitrogen and oxygen atoms in total. The topological polar surface area (TPSA) is 130 Å². The quantitative estimate of drug-likeness (QED) is 0.234. The van der Waals surface area contributed by atoms with Gasteiger partial charge in [-0.15, -0.1) is 0 Å². The van der Waals surface area contributed by atoms with Crippen molar-refractivity contribution in [3.63, 3.8) is 0 Å². The van der Waals surface area contributed by atoms with Crippen LogP contribution in [0.5, 0.6) is 5.75 Å². The van der Waals surface area contributed by atoms with Gasteiger partial charge in [-0.1, -0.05) is 35.0 Å². The van der Waals surface area contributed by atoms with E-state index in [4.69, 9.17) is 25.8 Å². The van der Waals surface area contributed by atoms with Gasteiger partial charge in [0.1, 0.15) is 36.8 Å². The zero-order valence-corrected chi connectivity index (χ0v) is 19.4. The molecule has 5 atom stereocenters. The van der Waals surface area contributed by atoms with Gasteiger partial charge in [0, 0.05) is 23.2 Å². The molecule has 4 N–H and O–H groups in total. The minimum absolute atomic E-state index is 0.185. The van der Waals surface area contributed by atoms with Crippen LogP contribution in [0.2, 0.25) is 5.02 Å². The fourth-order valence-electron chi connectivity index (χ4n) is 4.28. The lowest BCUT2D eigenvalue weighted by atomic mass is 9.83. The van der Waals surface area contributed by atoms with Crippen LogP contribution in [-0.4, -0.2) is 77.5 Å². The number of rotatable bonds is 9. The fraction of sp³-hybridized carbons (Fsp3) is 0.458. The molecular weight excluding hydrogens is 466 g/mol. The van der Waals surface area contributed by atoms with Crippen LogP contribution in [0.1, 0.15) is 23.1 Å². The average molecular weight is 494 g/mol. The molecule has 2 saturated heterocycles. The number of ether oxygens (including phenoxy) is 3. The Labute approximate surface area is 202 Å². The van der Waals surface area contributed by atoms with Crippen LogP contribution in [0.4, 0.5) is 0 Å². The Morgan fingerprint density at radius 2 is 1.91 bits per heavy atom. The monoisotopic (exact) mass is 493 g/mol. The summed E-state index contributed by atoms with van der Waals surface area (Å²) in [5, 5.41) is 45.5. The third-order valence-electron chi connectivity index (χ3n) is 6.19. The highest BCUT2D eigenvalue weighted by Crippen LogP contribution is 2.49. The van der Waals surface area contributed by atoms with Crippen LogP contribution in [0.25, 0.3) is 0 Å². The predicted molar refractivity (Wildman–Crippen MR) is 123 cm³/mol. The maximum atomic E-state index is 10.7. The standard InChI is InChI=1S/C24H28ClNO8/c1-31-26-9-2-10-32-18-6-3-15(4-7-18)11-16-12-17(5-8-19(16)25)24-22(30)20(28)21(29)23(13-27,34-24)14-33-24/h3-9,12,20-22,27-30H,2,10-11,13-14H2,1H3. The fourth-order valence-corrected chi connectivity index (χ4v) is 4.47. The number of halogens is 1. The molecule has 34 heavy (non-hydrogen) atoms. The SMILES string of the molecule is CON=CCCOc1ccc(Cc2cc(C34OCC(CO)(O3)C(O)C(O)C4O)ccc2Cl)cc1. The largest absolute Gasteiger partial charge is 0.493 e. The molecule has 2 aliphatic rings. The number of fused-ring (bicyclic) bond motifs is 2. The summed E-state index contributed by atoms with van der Waals surface area (Å²) in [7, 11) is 1.48. The van der Waals surface area contributed by atoms with Gasteiger partial charge in [-0.25, -0.2) is 0 Å². The number of nitrogens with zero attached hydrogens (tertiary/aromatic N) is 1. The first-order valence-electron chi connectivity index (χ1n) is 10.9. The van der Waals surface area contributed by atoms with E-state index in [9.17, 15) is 20.4 Å². The molecule has 2 bridgehead atoms. The average Bonchev–Trinajstić information content (AvgIpc) is 3.24. The third kappa shape index (κ3) is 4.52. The molecular formula is C24H28ClNO8. The number of aliphatic hydroxyl groups excluding tert-OH is 4. The van der Waals surface area contributed by atoms with Crippen LogP contribution >= 0.6 is 11.6 Å². The molecule has 0 saturated carbocycles. The van der Waals surface area contributed by atoms with Gasteiger partial charge in [0.25, 0.3) is 0 Å². The van der Waals surface area contributed by atoms with Gasteiger partial charge < -0.3 is 39.5 Å². The summed E-state index contributed by atoms with van der Waals surface area (Å²) in [6.07, 6.45) is -1.88. The summed E-state index contributed by atoms with van der Waals surface area (Å²) in [4.78, 5) is 4.60. The van der Waals surface area contributed by atoms with Crippen molar-refractivity contribution in [2.24, 2.45) is 5.16 Å². The maximum Gasteiger partial charge on any atom is 0.225 e. The predicted octanol–water partition coefficient (Wildman–Crippen LogP) is 1.36. The molecule has 10 heteroatoms. The molecule has 2 aliphatic heterocycles. The van der Waals surface area contributed by atoms with Crippen molar-refractivity contribution < 1.29 is 39.5 Å². The Morgan fingerprint density at radius 1 is 1.15 bits per heavy atom. The van der Waals surface area contributed by atoms with E-state index < -0.39 is 36.3 Å². The van der Waals surface area contributed by atoms with Gasteiger partial charge in [0.15, 0.2) is 0 Å². The number of hydrogen-bond donors (Lipinski definition) is 4. The van der Waals surface area contributed by atoms with Gasteiger partial charge >= 0.3 is 0 Å². The van der Waals surface area contributed by atoms with Crippen LogP contribution in [0, 0.1) is 0 Å². The molecule has 184 valence electrons. The molecule has 2 aromatic carbocycles. The van der Waals surface area contributed by atoms with Crippen LogP contribution in [0.3, 0.4) is 0 Å². The smallest absolute Gasteiger partial charge is 0.225 e. The molecule has 0 aliphatic carbocycles. The van der Waals surface area contributed by atoms with Crippen molar-refractivity contribution in [1.29, 1.82) is 0 Å². The summed E-state index contributed by atoms with van der Waals surface area (Å²) in [6, 6.07) is 12.6. The minimum atomic E-state index is -1.73. The Morgan fingerprint density at radius 3 is 2.62 bits per heavy atom. The molecule has 0 spiro atoms. The molecule has 4 rings (SSSR count). The van der Waals surface area contributed by atoms with Crippen LogP contribution in [0.15, 0.2) is 47.6 Å². The normalized spacial score (nSPS) is 30.6. The molecule has 2 heterocycles. The maximum absolute atomic E-state index is 10.7. The second-order valence-corrected chi connectivity index (χ2v) is 8.80. The minimum Gasteiger partial charge on any atom is -0.493 e. The molecule has 0 radical (unpaired) electrons. The van der Waals surface area contributed by atoms with E-state index in [0.29, 0.717) is 30.0 Å². The summed E-state index contributed by atoms with van der Waals surface area (Å²) in [5.74, 6) is -1.01. The van der Waals surface area contributed by atoms with E-state index in [1.165, 1.54) is 7.11 Å². The summed E-state index contributed by atoms with van der Waals surface area (Å²) < 4.78 is 17.4. The highest BCUT2D eigenvalue weighted by molar-refractivity contribution is 6.31. The summed E-state index contributed by atoms with van der Waals surface area (Å²) in [5.41, 5.74) is 0.629. The zero-order chi connectivity index (χ0) is 24.3. The van der Waals surface area contributed by atoms with E-state index in [1.54, 1.807) is 24.4 Å². The third-order valence-corrected chi connectivity index (χ3v) is 6.56. The second kappa shape index (κ2) is 10.2. The van der Waals surface area contributed by atoms with E-state index >= 15 is 0 Å². The Hall–Kier alpha value is -2.24. The Kier molecular flexibility index (Phi) is 7.44. The first-order chi connectivity index (χ1) is 16.3. The van der Waals surface area contributed by atoms with Crippen molar-refractivity contribution in [2.75, 3.05) is 26.9 Å². The van der Waals surface area contributed by atoms with E-state index in [0.717, 1.165) is 16.9 Å². The number of aliphatic hydroxyl groups is 4. The summed E-state index contributed by atoms with van der Waals surface area (Å²) >= 11 is 6.45. The van der Waals surface area contributed by atoms with Gasteiger partial charge in [0.2, 0.25) is 5.79 Å². The van der Waals surface area contributed by atoms with E-state index in [2.05, 4.69) is 9.99 Å². The summed E-state index contributed by atoms with van der Waals surface area (Å²) in [6.45, 7) is -0.288. The highest BCUT2D eigenvalue weighted by Gasteiger charge is 2.67. The first-order valence-corrected chi connectivity index (χ1v) is 11.3. The molecule has 0 amide bonds. The van der Waals surface area contributed by atoms with Crippen molar-refractivity contribution in [3.05, 3.63) is 64.2 Å². The number of oxime groups is 1. The van der Waals surface area contributed by atoms with Crippen LogP contribution < -0.4 is 4.74 Å². The molecule has 0 aromatic heterocycles. The Balaban J connectivity index is 1.51. The Bertz CT molecular complexity index is 1020. The number of hydrogen-bond acceptors (Lipinski definition) is 9. The van der Waals surface area contributed by atoms with Gasteiger partial charge in [-0.2, -0.15) is 0 Å². The van der Waals surface area contributed by atoms with E-state index in [1.807, 2.05) is 24.3 Å². The lowest BCUT2D eigenvalue weighted by Crippen LogP contribution is -2.65. The lowest BCUT2D eigenvalue weighted by molar-refractivity contribution is -0.329. The van der Waals surface area contributed by atoms with Crippen molar-refractivity contribution in [1.82, 2.24) is 0 Å². The van der Waals surface area contributed by atoms with Crippen molar-refractivity contribution >= 4 is 17.8 Å². The van der Waals surface area contributed by atoms with E-state index in [-0.39, 0.29) is 6.61 Å². The number of benzene rings is 2. The van der Waals surface area contributed by atoms with Crippen LogP contribution in [-0.2, 0) is 26.5 Å². The van der Waals surface area contributed by atoms with Gasteiger partial charge in [0.05, 0.1) is 19.8 Å². The highest BCUT2D eigenvalue weighted by atomic mass is 35.5.